The number of hydrogen-bond acceptors (Lipinski definition) is 5. The Morgan fingerprint density at radius 2 is 1.80 bits per heavy atom. The molecule has 0 aromatic carbocycles. The van der Waals surface area contributed by atoms with Gasteiger partial charge in [-0.15, -0.1) is 0 Å². The Morgan fingerprint density at radius 3 is 2.40 bits per heavy atom. The lowest BCUT2D eigenvalue weighted by molar-refractivity contribution is 0.0663. The van der Waals surface area contributed by atoms with Crippen LogP contribution in [0.3, 0.4) is 0 Å². The molecule has 1 aliphatic rings. The summed E-state index contributed by atoms with van der Waals surface area (Å²) in [5.74, 6) is -0.123. The molecule has 0 spiro atoms. The summed E-state index contributed by atoms with van der Waals surface area (Å²) in [4.78, 5) is 45.3. The van der Waals surface area contributed by atoms with Gasteiger partial charge < -0.3 is 9.80 Å². The lowest BCUT2D eigenvalue weighted by atomic mass is 10.0. The summed E-state index contributed by atoms with van der Waals surface area (Å²) >= 11 is 0. The van der Waals surface area contributed by atoms with Crippen molar-refractivity contribution in [3.63, 3.8) is 0 Å². The van der Waals surface area contributed by atoms with Crippen LogP contribution in [0.25, 0.3) is 11.0 Å². The van der Waals surface area contributed by atoms with Crippen LogP contribution in [0, 0.1) is 0 Å². The van der Waals surface area contributed by atoms with Gasteiger partial charge in [0.2, 0.25) is 0 Å². The highest BCUT2D eigenvalue weighted by Crippen LogP contribution is 2.17. The molecule has 2 aromatic heterocycles. The average molecular weight is 345 g/mol. The fourth-order valence-electron chi connectivity index (χ4n) is 3.35. The largest absolute Gasteiger partial charge is 0.338 e. The molecule has 2 aromatic rings. The number of nitrogens with zero attached hydrogens (tertiary/aromatic N) is 5. The van der Waals surface area contributed by atoms with Gasteiger partial charge in [-0.25, -0.2) is 9.78 Å². The van der Waals surface area contributed by atoms with Gasteiger partial charge >= 0.3 is 5.69 Å². The van der Waals surface area contributed by atoms with E-state index in [0.717, 1.165) is 17.4 Å². The van der Waals surface area contributed by atoms with Gasteiger partial charge in [-0.2, -0.15) is 0 Å². The van der Waals surface area contributed by atoms with Crippen LogP contribution in [0.5, 0.6) is 0 Å². The van der Waals surface area contributed by atoms with Crippen molar-refractivity contribution in [3.05, 3.63) is 38.7 Å². The molecule has 0 saturated carbocycles. The van der Waals surface area contributed by atoms with Gasteiger partial charge in [0.25, 0.3) is 11.5 Å². The Bertz CT molecular complexity index is 936. The van der Waals surface area contributed by atoms with Gasteiger partial charge in [-0.1, -0.05) is 0 Å². The number of amides is 1. The topological polar surface area (TPSA) is 80.4 Å². The van der Waals surface area contributed by atoms with Crippen LogP contribution >= 0.6 is 0 Å². The number of rotatable bonds is 2. The molecule has 1 aliphatic heterocycles. The number of hydrogen-bond donors (Lipinski definition) is 0. The van der Waals surface area contributed by atoms with E-state index >= 15 is 0 Å². The van der Waals surface area contributed by atoms with Crippen LogP contribution in [-0.2, 0) is 14.1 Å². The summed E-state index contributed by atoms with van der Waals surface area (Å²) in [6, 6.07) is 2.03. The van der Waals surface area contributed by atoms with Crippen molar-refractivity contribution in [2.75, 3.05) is 27.2 Å². The quantitative estimate of drug-likeness (QED) is 0.753. The summed E-state index contributed by atoms with van der Waals surface area (Å²) in [5.41, 5.74) is -0.205. The minimum absolute atomic E-state index is 0.123. The molecule has 0 unspecified atom stereocenters. The molecule has 3 rings (SSSR count). The van der Waals surface area contributed by atoms with E-state index in [1.165, 1.54) is 17.8 Å². The van der Waals surface area contributed by atoms with Crippen LogP contribution in [0.15, 0.2) is 21.9 Å². The minimum Gasteiger partial charge on any atom is -0.338 e. The molecule has 0 aliphatic carbocycles. The number of carbonyl (C=O) groups is 1. The van der Waals surface area contributed by atoms with Crippen LogP contribution in [0.4, 0.5) is 0 Å². The molecule has 3 heterocycles. The zero-order valence-electron chi connectivity index (χ0n) is 15.0. The first-order valence-corrected chi connectivity index (χ1v) is 8.32. The van der Waals surface area contributed by atoms with E-state index in [-0.39, 0.29) is 16.9 Å². The van der Waals surface area contributed by atoms with Crippen molar-refractivity contribution in [1.29, 1.82) is 0 Å². The van der Waals surface area contributed by atoms with Crippen molar-refractivity contribution < 1.29 is 4.79 Å². The van der Waals surface area contributed by atoms with Crippen molar-refractivity contribution in [3.8, 4) is 0 Å². The fraction of sp³-hybridized carbons (Fsp3) is 0.529. The fourth-order valence-corrected chi connectivity index (χ4v) is 3.35. The monoisotopic (exact) mass is 345 g/mol. The molecular formula is C17H23N5O3. The predicted octanol–water partition coefficient (Wildman–Crippen LogP) is -0.202. The third kappa shape index (κ3) is 2.97. The lowest BCUT2D eigenvalue weighted by Crippen LogP contribution is -2.44. The Balaban J connectivity index is 1.94. The summed E-state index contributed by atoms with van der Waals surface area (Å²) in [5, 5.41) is 0.277. The molecular weight excluding hydrogens is 322 g/mol. The molecule has 0 bridgehead atoms. The van der Waals surface area contributed by atoms with Gasteiger partial charge in [-0.05, 0) is 33.0 Å². The van der Waals surface area contributed by atoms with Crippen LogP contribution in [-0.4, -0.2) is 63.1 Å². The molecule has 0 N–H and O–H groups in total. The Labute approximate surface area is 145 Å². The maximum atomic E-state index is 12.8. The number of likely N-dealkylation sites (tertiary alicyclic amines) is 1. The third-order valence-electron chi connectivity index (χ3n) is 5.02. The zero-order valence-corrected chi connectivity index (χ0v) is 15.0. The molecule has 8 heteroatoms. The van der Waals surface area contributed by atoms with E-state index in [0.29, 0.717) is 24.7 Å². The standard InChI is InChI=1S/C17H23N5O3/c1-19(2)12-5-7-22(8-6-12)15(23)11-9-13-14(18-10-11)20(3)17(25)21(4)16(13)24/h9-10,12H,5-8H2,1-4H3. The van der Waals surface area contributed by atoms with Gasteiger partial charge in [0.15, 0.2) is 0 Å². The first-order valence-electron chi connectivity index (χ1n) is 8.32. The highest BCUT2D eigenvalue weighted by atomic mass is 16.2. The SMILES string of the molecule is CN(C)C1CCN(C(=O)c2cnc3c(c2)c(=O)n(C)c(=O)n3C)CC1. The van der Waals surface area contributed by atoms with Gasteiger partial charge in [0, 0.05) is 39.4 Å². The number of aryl methyl sites for hydroxylation is 1. The van der Waals surface area contributed by atoms with E-state index < -0.39 is 11.2 Å². The molecule has 25 heavy (non-hydrogen) atoms. The highest BCUT2D eigenvalue weighted by Gasteiger charge is 2.25. The number of fused-ring (bicyclic) bond motifs is 1. The second-order valence-corrected chi connectivity index (χ2v) is 6.79. The summed E-state index contributed by atoms with van der Waals surface area (Å²) in [6.07, 6.45) is 3.30. The Kier molecular flexibility index (Phi) is 4.47. The smallest absolute Gasteiger partial charge is 0.332 e. The molecule has 0 radical (unpaired) electrons. The average Bonchev–Trinajstić information content (AvgIpc) is 2.63. The molecule has 8 nitrogen and oxygen atoms in total. The molecule has 134 valence electrons. The van der Waals surface area contributed by atoms with Crippen LogP contribution < -0.4 is 11.2 Å². The van der Waals surface area contributed by atoms with E-state index in [4.69, 9.17) is 0 Å². The van der Waals surface area contributed by atoms with Crippen LogP contribution in [0.1, 0.15) is 23.2 Å². The van der Waals surface area contributed by atoms with Gasteiger partial charge in [0.05, 0.1) is 10.9 Å². The highest BCUT2D eigenvalue weighted by molar-refractivity contribution is 5.96. The number of carbonyl (C=O) groups excluding carboxylic acids is 1. The minimum atomic E-state index is -0.438. The molecule has 0 atom stereocenters. The van der Waals surface area contributed by atoms with Crippen LogP contribution in [0.2, 0.25) is 0 Å². The number of piperidine rings is 1. The van der Waals surface area contributed by atoms with Crippen molar-refractivity contribution in [2.45, 2.75) is 18.9 Å². The van der Waals surface area contributed by atoms with E-state index in [1.54, 1.807) is 18.0 Å². The third-order valence-corrected chi connectivity index (χ3v) is 5.02. The summed E-state index contributed by atoms with van der Waals surface area (Å²) in [6.45, 7) is 1.37. The first kappa shape index (κ1) is 17.3. The Morgan fingerprint density at radius 1 is 1.16 bits per heavy atom. The van der Waals surface area contributed by atoms with E-state index in [1.807, 2.05) is 0 Å². The summed E-state index contributed by atoms with van der Waals surface area (Å²) in [7, 11) is 7.08. The zero-order chi connectivity index (χ0) is 18.3. The number of aromatic nitrogens is 3. The maximum absolute atomic E-state index is 12.8. The van der Waals surface area contributed by atoms with E-state index in [9.17, 15) is 14.4 Å². The molecule has 1 amide bonds. The Hall–Kier alpha value is -2.48. The number of pyridine rings is 1. The lowest BCUT2D eigenvalue weighted by Gasteiger charge is -2.35. The van der Waals surface area contributed by atoms with Crippen molar-refractivity contribution in [1.82, 2.24) is 23.9 Å². The summed E-state index contributed by atoms with van der Waals surface area (Å²) < 4.78 is 2.34. The van der Waals surface area contributed by atoms with Gasteiger partial charge in [0.1, 0.15) is 5.65 Å². The van der Waals surface area contributed by atoms with Gasteiger partial charge in [-0.3, -0.25) is 18.7 Å². The van der Waals surface area contributed by atoms with E-state index in [2.05, 4.69) is 24.0 Å². The van der Waals surface area contributed by atoms with Crippen molar-refractivity contribution in [2.24, 2.45) is 14.1 Å². The first-order chi connectivity index (χ1) is 11.8. The second-order valence-electron chi connectivity index (χ2n) is 6.79. The maximum Gasteiger partial charge on any atom is 0.332 e. The molecule has 1 fully saturated rings. The van der Waals surface area contributed by atoms with Crippen molar-refractivity contribution >= 4 is 16.9 Å². The normalized spacial score (nSPS) is 16.0. The second kappa shape index (κ2) is 6.44. The predicted molar refractivity (Wildman–Crippen MR) is 94.8 cm³/mol. The molecule has 1 saturated heterocycles.